The fraction of sp³-hybridized carbons (Fsp3) is 0. The zero-order chi connectivity index (χ0) is 0. The Morgan fingerprint density at radius 2 is 1.00 bits per heavy atom. The Kier molecular flexibility index (Phi) is 103. The van der Waals surface area contributed by atoms with Gasteiger partial charge >= 0.3 is 0 Å². The Labute approximate surface area is 105 Å². The second-order valence-corrected chi connectivity index (χ2v) is 0. The first-order valence-corrected chi connectivity index (χ1v) is 0. The van der Waals surface area contributed by atoms with Gasteiger partial charge in [0.05, 0.1) is 0 Å². The molecule has 0 spiro atoms. The average Bonchev–Trinajstić information content (AvgIpc) is 0. The summed E-state index contributed by atoms with van der Waals surface area (Å²) in [6.45, 7) is 0. The van der Waals surface area contributed by atoms with Gasteiger partial charge in [0.15, 0.2) is 0 Å². The molecule has 0 saturated carbocycles. The molecule has 0 aliphatic carbocycles. The van der Waals surface area contributed by atoms with Crippen molar-refractivity contribution in [1.82, 2.24) is 0 Å². The summed E-state index contributed by atoms with van der Waals surface area (Å²) in [6, 6.07) is 0. The molecule has 0 unspecified atom stereocenters. The molecule has 8 radical (unpaired) electrons. The van der Waals surface area contributed by atoms with Crippen molar-refractivity contribution in [3.8, 4) is 0 Å². The Morgan fingerprint density at radius 3 is 1.00 bits per heavy atom. The zero-order valence-corrected chi connectivity index (χ0v) is 9.77. The Morgan fingerprint density at radius 1 is 1.00 bits per heavy atom. The van der Waals surface area contributed by atoms with Gasteiger partial charge in [0, 0.05) is 108 Å². The molecule has 0 amide bonds. The molecular formula is AlCaMgNa. The van der Waals surface area contributed by atoms with Gasteiger partial charge in [-0.2, -0.15) is 0 Å². The van der Waals surface area contributed by atoms with Crippen LogP contribution in [0.3, 0.4) is 0 Å². The van der Waals surface area contributed by atoms with E-state index in [2.05, 4.69) is 0 Å². The number of hydrogen-bond acceptors (Lipinski definition) is 0. The van der Waals surface area contributed by atoms with Crippen LogP contribution in [0.25, 0.3) is 0 Å². The minimum Gasteiger partial charge on any atom is 0 e. The normalized spacial score (nSPS) is 0. The van der Waals surface area contributed by atoms with Crippen molar-refractivity contribution in [3.63, 3.8) is 0 Å². The van der Waals surface area contributed by atoms with Crippen molar-refractivity contribution < 1.29 is 0 Å². The van der Waals surface area contributed by atoms with Gasteiger partial charge in [-0.1, -0.05) is 0 Å². The van der Waals surface area contributed by atoms with E-state index >= 15 is 0 Å². The van der Waals surface area contributed by atoms with Gasteiger partial charge in [0.2, 0.25) is 0 Å². The summed E-state index contributed by atoms with van der Waals surface area (Å²) in [7, 11) is 0. The summed E-state index contributed by atoms with van der Waals surface area (Å²) >= 11 is 0. The van der Waals surface area contributed by atoms with E-state index in [1.807, 2.05) is 0 Å². The molecule has 0 aromatic rings. The van der Waals surface area contributed by atoms with Crippen LogP contribution in [0.1, 0.15) is 0 Å². The zero-order valence-electron chi connectivity index (χ0n) is 2.99. The molecule has 0 bridgehead atoms. The van der Waals surface area contributed by atoms with Gasteiger partial charge in [0.25, 0.3) is 0 Å². The molecular weight excluding hydrogens is 114 g/mol. The Bertz CT molecular complexity index is 8.00. The van der Waals surface area contributed by atoms with Crippen LogP contribution in [0.4, 0.5) is 0 Å². The monoisotopic (exact) mass is 114 g/mol. The predicted octanol–water partition coefficient (Wildman–Crippen LogP) is -1.52. The summed E-state index contributed by atoms with van der Waals surface area (Å²) in [5.74, 6) is 0. The first kappa shape index (κ1) is 25.7. The molecule has 0 aliphatic heterocycles. The van der Waals surface area contributed by atoms with Gasteiger partial charge in [-0.25, -0.2) is 0 Å². The van der Waals surface area contributed by atoms with Gasteiger partial charge in [-0.05, 0) is 0 Å². The number of hydrogen-bond donors (Lipinski definition) is 0. The largest absolute Gasteiger partial charge is 0 e. The van der Waals surface area contributed by atoms with Crippen LogP contribution in [0, 0.1) is 0 Å². The summed E-state index contributed by atoms with van der Waals surface area (Å²) in [4.78, 5) is 0. The molecule has 0 rings (SSSR count). The fourth-order valence-corrected chi connectivity index (χ4v) is 0. The summed E-state index contributed by atoms with van der Waals surface area (Å²) in [5, 5.41) is 0. The number of rotatable bonds is 0. The van der Waals surface area contributed by atoms with Crippen molar-refractivity contribution in [1.29, 1.82) is 0 Å². The Hall–Kier alpha value is 3.56. The van der Waals surface area contributed by atoms with Crippen LogP contribution in [0.5, 0.6) is 0 Å². The van der Waals surface area contributed by atoms with Gasteiger partial charge < -0.3 is 0 Å². The van der Waals surface area contributed by atoms with Crippen LogP contribution in [-0.4, -0.2) is 108 Å². The topological polar surface area (TPSA) is 0 Å². The Balaban J connectivity index is 0. The minimum atomic E-state index is 0. The molecule has 0 heterocycles. The summed E-state index contributed by atoms with van der Waals surface area (Å²) in [6.07, 6.45) is 0. The smallest absolute Gasteiger partial charge is 0 e. The molecule has 0 nitrogen and oxygen atoms in total. The maximum absolute atomic E-state index is 0. The SMILES string of the molecule is [Al].[Ca].[Mg].[Na]. The van der Waals surface area contributed by atoms with E-state index in [-0.39, 0.29) is 108 Å². The molecule has 4 heteroatoms. The van der Waals surface area contributed by atoms with Crippen LogP contribution < -0.4 is 0 Å². The third kappa shape index (κ3) is 9.12. The summed E-state index contributed by atoms with van der Waals surface area (Å²) in [5.41, 5.74) is 0. The van der Waals surface area contributed by atoms with E-state index in [0.717, 1.165) is 0 Å². The van der Waals surface area contributed by atoms with Crippen LogP contribution >= 0.6 is 0 Å². The first-order chi connectivity index (χ1) is 0. The van der Waals surface area contributed by atoms with Crippen LogP contribution in [-0.2, 0) is 0 Å². The molecule has 0 aliphatic rings. The second kappa shape index (κ2) is 16.0. The maximum Gasteiger partial charge on any atom is 0 e. The van der Waals surface area contributed by atoms with E-state index in [0.29, 0.717) is 0 Å². The predicted molar refractivity (Wildman–Crippen MR) is 23.0 cm³/mol. The van der Waals surface area contributed by atoms with E-state index in [1.165, 1.54) is 0 Å². The molecule has 0 atom stereocenters. The molecule has 8 valence electrons. The van der Waals surface area contributed by atoms with E-state index in [4.69, 9.17) is 0 Å². The van der Waals surface area contributed by atoms with Crippen LogP contribution in [0.2, 0.25) is 0 Å². The van der Waals surface area contributed by atoms with E-state index < -0.39 is 0 Å². The van der Waals surface area contributed by atoms with Gasteiger partial charge in [-0.3, -0.25) is 0 Å². The second-order valence-electron chi connectivity index (χ2n) is 0. The maximum atomic E-state index is 0. The van der Waals surface area contributed by atoms with Gasteiger partial charge in [-0.15, -0.1) is 0 Å². The van der Waals surface area contributed by atoms with Gasteiger partial charge in [0.1, 0.15) is 0 Å². The molecule has 0 saturated heterocycles. The first-order valence-electron chi connectivity index (χ1n) is 0. The molecule has 4 heavy (non-hydrogen) atoms. The minimum absolute atomic E-state index is 0. The third-order valence-corrected chi connectivity index (χ3v) is 0. The standard InChI is InChI=1S/Al.Ca.Mg.Na. The van der Waals surface area contributed by atoms with Crippen molar-refractivity contribution in [2.75, 3.05) is 0 Å². The van der Waals surface area contributed by atoms with E-state index in [9.17, 15) is 0 Å². The third-order valence-electron chi connectivity index (χ3n) is 0. The van der Waals surface area contributed by atoms with Crippen molar-refractivity contribution in [2.45, 2.75) is 0 Å². The molecule has 0 fully saturated rings. The molecule has 0 aromatic heterocycles. The molecule has 0 aromatic carbocycles. The van der Waals surface area contributed by atoms with Crippen molar-refractivity contribution >= 4 is 108 Å². The fourth-order valence-electron chi connectivity index (χ4n) is 0. The van der Waals surface area contributed by atoms with Crippen molar-refractivity contribution in [3.05, 3.63) is 0 Å². The van der Waals surface area contributed by atoms with Crippen LogP contribution in [0.15, 0.2) is 0 Å². The summed E-state index contributed by atoms with van der Waals surface area (Å²) < 4.78 is 0. The van der Waals surface area contributed by atoms with Crippen molar-refractivity contribution in [2.24, 2.45) is 0 Å². The van der Waals surface area contributed by atoms with E-state index in [1.54, 1.807) is 0 Å². The molecule has 0 N–H and O–H groups in total. The quantitative estimate of drug-likeness (QED) is 0.336. The average molecular weight is 114 g/mol.